The van der Waals surface area contributed by atoms with E-state index < -0.39 is 0 Å². The van der Waals surface area contributed by atoms with Crippen molar-refractivity contribution in [3.8, 4) is 23.0 Å². The van der Waals surface area contributed by atoms with E-state index in [1.807, 2.05) is 24.4 Å². The minimum Gasteiger partial charge on any atom is -0.454 e. The molecule has 4 heterocycles. The molecule has 0 spiro atoms. The van der Waals surface area contributed by atoms with Gasteiger partial charge < -0.3 is 18.7 Å². The number of nitrogens with zero attached hydrogens (tertiary/aromatic N) is 5. The van der Waals surface area contributed by atoms with Crippen molar-refractivity contribution in [2.45, 2.75) is 18.9 Å². The number of aromatic nitrogens is 5. The second-order valence-corrected chi connectivity index (χ2v) is 5.99. The first-order chi connectivity index (χ1) is 12.3. The number of hydrogen-bond acceptors (Lipinski definition) is 8. The van der Waals surface area contributed by atoms with Crippen LogP contribution in [0.4, 0.5) is 0 Å². The van der Waals surface area contributed by atoms with Crippen LogP contribution in [0.5, 0.6) is 11.5 Å². The van der Waals surface area contributed by atoms with E-state index in [0.717, 1.165) is 30.0 Å². The van der Waals surface area contributed by atoms with E-state index in [2.05, 4.69) is 20.5 Å². The first-order valence-electron chi connectivity index (χ1n) is 8.05. The average molecular weight is 341 g/mol. The topological polar surface area (TPSA) is 97.3 Å². The standard InChI is InChI=1S/C16H15N5O4/c1-2-13-14(24-9-23-13)5-10(1)16-17-15(19-25-16)7-21-6-12(18-20-21)11-3-4-22-8-11/h1-2,5-6,11H,3-4,7-9H2. The highest BCUT2D eigenvalue weighted by Gasteiger charge is 2.21. The Bertz CT molecular complexity index is 900. The molecule has 2 aliphatic rings. The van der Waals surface area contributed by atoms with Gasteiger partial charge in [0.15, 0.2) is 17.3 Å². The fraction of sp³-hybridized carbons (Fsp3) is 0.375. The van der Waals surface area contributed by atoms with Crippen LogP contribution in [-0.2, 0) is 11.3 Å². The van der Waals surface area contributed by atoms with Gasteiger partial charge >= 0.3 is 0 Å². The molecule has 0 bridgehead atoms. The maximum atomic E-state index is 5.39. The van der Waals surface area contributed by atoms with Gasteiger partial charge in [-0.1, -0.05) is 10.4 Å². The Balaban J connectivity index is 1.33. The second-order valence-electron chi connectivity index (χ2n) is 5.99. The van der Waals surface area contributed by atoms with E-state index in [-0.39, 0.29) is 6.79 Å². The molecule has 1 unspecified atom stereocenters. The van der Waals surface area contributed by atoms with Crippen molar-refractivity contribution < 1.29 is 18.7 Å². The summed E-state index contributed by atoms with van der Waals surface area (Å²) in [6, 6.07) is 5.51. The smallest absolute Gasteiger partial charge is 0.258 e. The van der Waals surface area contributed by atoms with E-state index >= 15 is 0 Å². The molecule has 2 aromatic heterocycles. The molecule has 1 saturated heterocycles. The lowest BCUT2D eigenvalue weighted by Gasteiger charge is -1.99. The molecule has 1 fully saturated rings. The summed E-state index contributed by atoms with van der Waals surface area (Å²) >= 11 is 0. The lowest BCUT2D eigenvalue weighted by atomic mass is 10.1. The van der Waals surface area contributed by atoms with Crippen LogP contribution in [0.15, 0.2) is 28.9 Å². The van der Waals surface area contributed by atoms with E-state index in [1.54, 1.807) is 4.68 Å². The van der Waals surface area contributed by atoms with Crippen molar-refractivity contribution in [3.63, 3.8) is 0 Å². The molecule has 0 radical (unpaired) electrons. The summed E-state index contributed by atoms with van der Waals surface area (Å²) in [5.41, 5.74) is 1.72. The first kappa shape index (κ1) is 14.4. The van der Waals surface area contributed by atoms with Crippen molar-refractivity contribution in [1.82, 2.24) is 25.1 Å². The Kier molecular flexibility index (Phi) is 3.37. The fourth-order valence-corrected chi connectivity index (χ4v) is 2.96. The predicted molar refractivity (Wildman–Crippen MR) is 83.2 cm³/mol. The average Bonchev–Trinajstić information content (AvgIpc) is 3.41. The Morgan fingerprint density at radius 2 is 2.16 bits per heavy atom. The molecular weight excluding hydrogens is 326 g/mol. The van der Waals surface area contributed by atoms with Crippen molar-refractivity contribution >= 4 is 0 Å². The highest BCUT2D eigenvalue weighted by molar-refractivity contribution is 5.60. The molecule has 9 heteroatoms. The lowest BCUT2D eigenvalue weighted by molar-refractivity contribution is 0.174. The summed E-state index contributed by atoms with van der Waals surface area (Å²) in [7, 11) is 0. The van der Waals surface area contributed by atoms with Gasteiger partial charge in [-0.25, -0.2) is 4.68 Å². The van der Waals surface area contributed by atoms with E-state index in [0.29, 0.717) is 36.5 Å². The van der Waals surface area contributed by atoms with Crippen LogP contribution in [0, 0.1) is 0 Å². The molecule has 0 N–H and O–H groups in total. The zero-order valence-corrected chi connectivity index (χ0v) is 13.3. The van der Waals surface area contributed by atoms with Crippen LogP contribution in [0.3, 0.4) is 0 Å². The van der Waals surface area contributed by atoms with Gasteiger partial charge in [-0.05, 0) is 24.6 Å². The van der Waals surface area contributed by atoms with Crippen LogP contribution in [0.2, 0.25) is 0 Å². The maximum Gasteiger partial charge on any atom is 0.258 e. The van der Waals surface area contributed by atoms with Gasteiger partial charge in [0.25, 0.3) is 5.89 Å². The van der Waals surface area contributed by atoms with Gasteiger partial charge in [-0.2, -0.15) is 4.98 Å². The molecule has 9 nitrogen and oxygen atoms in total. The number of ether oxygens (including phenoxy) is 3. The summed E-state index contributed by atoms with van der Waals surface area (Å²) in [5, 5.41) is 12.4. The Labute approximate surface area is 142 Å². The molecule has 3 aromatic rings. The number of fused-ring (bicyclic) bond motifs is 1. The highest BCUT2D eigenvalue weighted by atomic mass is 16.7. The van der Waals surface area contributed by atoms with Crippen LogP contribution >= 0.6 is 0 Å². The molecule has 25 heavy (non-hydrogen) atoms. The number of hydrogen-bond donors (Lipinski definition) is 0. The molecule has 1 atom stereocenters. The third-order valence-corrected chi connectivity index (χ3v) is 4.30. The zero-order chi connectivity index (χ0) is 16.6. The summed E-state index contributed by atoms with van der Waals surface area (Å²) in [5.74, 6) is 2.68. The number of rotatable bonds is 4. The lowest BCUT2D eigenvalue weighted by Crippen LogP contribution is -2.02. The molecule has 5 rings (SSSR count). The van der Waals surface area contributed by atoms with Gasteiger partial charge in [0.05, 0.1) is 12.3 Å². The predicted octanol–water partition coefficient (Wildman–Crippen LogP) is 1.61. The van der Waals surface area contributed by atoms with Crippen LogP contribution in [0.25, 0.3) is 11.5 Å². The third-order valence-electron chi connectivity index (χ3n) is 4.30. The maximum absolute atomic E-state index is 5.39. The van der Waals surface area contributed by atoms with Crippen LogP contribution in [-0.4, -0.2) is 45.1 Å². The van der Waals surface area contributed by atoms with Gasteiger partial charge in [0.1, 0.15) is 6.54 Å². The van der Waals surface area contributed by atoms with E-state index in [1.165, 1.54) is 0 Å². The Morgan fingerprint density at radius 3 is 3.08 bits per heavy atom. The zero-order valence-electron chi connectivity index (χ0n) is 13.3. The SMILES string of the molecule is c1cc2c(cc1-c1nc(Cn3cc(C4CCOC4)nn3)no1)OCO2. The third kappa shape index (κ3) is 2.72. The molecule has 1 aromatic carbocycles. The molecule has 0 saturated carbocycles. The van der Waals surface area contributed by atoms with Gasteiger partial charge in [-0.3, -0.25) is 0 Å². The van der Waals surface area contributed by atoms with Crippen LogP contribution in [0.1, 0.15) is 23.9 Å². The van der Waals surface area contributed by atoms with Crippen molar-refractivity contribution in [2.75, 3.05) is 20.0 Å². The molecule has 2 aliphatic heterocycles. The van der Waals surface area contributed by atoms with Gasteiger partial charge in [0, 0.05) is 24.3 Å². The Hall–Kier alpha value is -2.94. The van der Waals surface area contributed by atoms with Crippen molar-refractivity contribution in [3.05, 3.63) is 35.9 Å². The molecular formula is C16H15N5O4. The Morgan fingerprint density at radius 1 is 1.20 bits per heavy atom. The number of benzene rings is 1. The molecule has 0 aliphatic carbocycles. The second kappa shape index (κ2) is 5.85. The highest BCUT2D eigenvalue weighted by Crippen LogP contribution is 2.35. The normalized spacial score (nSPS) is 18.8. The van der Waals surface area contributed by atoms with Crippen LogP contribution < -0.4 is 9.47 Å². The summed E-state index contributed by atoms with van der Waals surface area (Å²) in [6.07, 6.45) is 2.89. The molecule has 0 amide bonds. The van der Waals surface area contributed by atoms with Crippen molar-refractivity contribution in [2.24, 2.45) is 0 Å². The van der Waals surface area contributed by atoms with Gasteiger partial charge in [-0.15, -0.1) is 5.10 Å². The van der Waals surface area contributed by atoms with E-state index in [4.69, 9.17) is 18.7 Å². The van der Waals surface area contributed by atoms with Gasteiger partial charge in [0.2, 0.25) is 6.79 Å². The molecule has 128 valence electrons. The summed E-state index contributed by atoms with van der Waals surface area (Å²) in [6.45, 7) is 2.11. The fourth-order valence-electron chi connectivity index (χ4n) is 2.96. The monoisotopic (exact) mass is 341 g/mol. The summed E-state index contributed by atoms with van der Waals surface area (Å²) < 4.78 is 23.1. The van der Waals surface area contributed by atoms with Crippen molar-refractivity contribution in [1.29, 1.82) is 0 Å². The quantitative estimate of drug-likeness (QED) is 0.706. The first-order valence-corrected chi connectivity index (χ1v) is 8.05. The minimum absolute atomic E-state index is 0.231. The minimum atomic E-state index is 0.231. The summed E-state index contributed by atoms with van der Waals surface area (Å²) in [4.78, 5) is 4.42. The van der Waals surface area contributed by atoms with E-state index in [9.17, 15) is 0 Å². The largest absolute Gasteiger partial charge is 0.454 e.